The molecule has 272 valence electrons. The monoisotopic (exact) mass is 788 g/mol. The Kier molecular flexibility index (Phi) is 12.8. The number of aliphatic carboxylic acids is 1. The molecule has 0 fully saturated rings. The van der Waals surface area contributed by atoms with Gasteiger partial charge in [0.15, 0.2) is 11.5 Å². The van der Waals surface area contributed by atoms with E-state index in [1.165, 1.54) is 12.7 Å². The van der Waals surface area contributed by atoms with Crippen molar-refractivity contribution < 1.29 is 28.9 Å². The summed E-state index contributed by atoms with van der Waals surface area (Å²) in [5.41, 5.74) is 2.75. The Balaban J connectivity index is 0.000000202. The molecule has 0 aliphatic rings. The molecule has 0 atom stereocenters. The minimum atomic E-state index is -0.889. The van der Waals surface area contributed by atoms with Gasteiger partial charge < -0.3 is 39.1 Å². The number of nitrogens with one attached hydrogen (secondary N) is 2. The summed E-state index contributed by atoms with van der Waals surface area (Å²) >= 11 is 25.2. The van der Waals surface area contributed by atoms with Crippen LogP contribution in [0.4, 0.5) is 11.4 Å². The third kappa shape index (κ3) is 9.44. The second kappa shape index (κ2) is 17.5. The number of nitrogens with zero attached hydrogens (tertiary/aromatic N) is 6. The molecule has 0 saturated heterocycles. The van der Waals surface area contributed by atoms with Gasteiger partial charge in [-0.1, -0.05) is 46.4 Å². The van der Waals surface area contributed by atoms with Crippen molar-refractivity contribution in [1.82, 2.24) is 29.1 Å². The minimum Gasteiger partial charge on any atom is -0.481 e. The van der Waals surface area contributed by atoms with E-state index in [9.17, 15) is 9.59 Å². The van der Waals surface area contributed by atoms with Gasteiger partial charge in [0, 0.05) is 51.0 Å². The number of hydrogen-bond donors (Lipinski definition) is 3. The molecule has 4 heterocycles. The SMILES string of the molecule is CCOC(=O)CCNc1cc(Cl)c(Oc2ncnc3c2ccn3C)c(Cl)c1.Cn1ccc2c(Oc3c(Cl)cc(NCCC(=O)O)cc3Cl)ncnc21. The standard InChI is InChI=1S/C18H18Cl2N4O3.C16H14Cl2N4O3/c1-3-26-15(25)4-6-21-11-8-13(19)16(14(20)9-11)27-18-12-5-7-24(2)17(12)22-10-23-18;1-22-5-3-10-15(22)20-8-21-16(10)25-14-11(17)6-9(7-12(14)18)19-4-2-13(23)24/h5,7-10,21H,3-4,6H2,1-2H3;3,5-8,19H,2,4H2,1H3,(H,23,24). The van der Waals surface area contributed by atoms with E-state index in [2.05, 4.69) is 30.6 Å². The third-order valence-electron chi connectivity index (χ3n) is 7.28. The largest absolute Gasteiger partial charge is 0.481 e. The van der Waals surface area contributed by atoms with Crippen molar-refractivity contribution in [2.75, 3.05) is 30.3 Å². The fraction of sp³-hybridized carbons (Fsp3) is 0.235. The van der Waals surface area contributed by atoms with E-state index < -0.39 is 5.97 Å². The van der Waals surface area contributed by atoms with Gasteiger partial charge in [-0.25, -0.2) is 19.9 Å². The normalized spacial score (nSPS) is 10.8. The van der Waals surface area contributed by atoms with Gasteiger partial charge in [-0.05, 0) is 43.3 Å². The predicted octanol–water partition coefficient (Wildman–Crippen LogP) is 8.39. The zero-order valence-corrected chi connectivity index (χ0v) is 31.0. The van der Waals surface area contributed by atoms with Crippen molar-refractivity contribution in [2.45, 2.75) is 19.8 Å². The number of benzene rings is 2. The summed E-state index contributed by atoms with van der Waals surface area (Å²) in [6, 6.07) is 10.3. The van der Waals surface area contributed by atoms with E-state index in [0.717, 1.165) is 22.1 Å². The highest BCUT2D eigenvalue weighted by Gasteiger charge is 2.17. The number of ether oxygens (including phenoxy) is 3. The first kappa shape index (κ1) is 38.2. The van der Waals surface area contributed by atoms with Gasteiger partial charge in [0.1, 0.15) is 23.9 Å². The lowest BCUT2D eigenvalue weighted by atomic mass is 10.3. The van der Waals surface area contributed by atoms with Crippen molar-refractivity contribution >= 4 is 91.8 Å². The molecule has 18 heteroatoms. The third-order valence-corrected chi connectivity index (χ3v) is 8.40. The molecule has 6 rings (SSSR count). The van der Waals surface area contributed by atoms with Crippen LogP contribution in [-0.4, -0.2) is 65.8 Å². The Bertz CT molecular complexity index is 2180. The van der Waals surface area contributed by atoms with Crippen LogP contribution in [0.1, 0.15) is 19.8 Å². The van der Waals surface area contributed by atoms with Crippen molar-refractivity contribution in [2.24, 2.45) is 14.1 Å². The Morgan fingerprint density at radius 1 is 0.712 bits per heavy atom. The minimum absolute atomic E-state index is 0.0135. The molecule has 0 bridgehead atoms. The Hall–Kier alpha value is -5.02. The average Bonchev–Trinajstić information content (AvgIpc) is 3.67. The number of carboxylic acid groups (broad SMARTS) is 1. The Labute approximate surface area is 317 Å². The number of carbonyl (C=O) groups is 2. The van der Waals surface area contributed by atoms with Gasteiger partial charge in [0.2, 0.25) is 11.8 Å². The maximum Gasteiger partial charge on any atom is 0.307 e. The lowest BCUT2D eigenvalue weighted by Crippen LogP contribution is -2.11. The molecule has 0 spiro atoms. The first-order valence-corrected chi connectivity index (χ1v) is 17.2. The lowest BCUT2D eigenvalue weighted by Gasteiger charge is -2.12. The van der Waals surface area contributed by atoms with Crippen molar-refractivity contribution in [3.05, 3.63) is 81.5 Å². The summed E-state index contributed by atoms with van der Waals surface area (Å²) in [7, 11) is 3.76. The van der Waals surface area contributed by atoms with E-state index in [4.69, 9.17) is 65.7 Å². The molecule has 52 heavy (non-hydrogen) atoms. The fourth-order valence-corrected chi connectivity index (χ4v) is 5.97. The maximum atomic E-state index is 11.4. The molecule has 6 aromatic rings. The Morgan fingerprint density at radius 2 is 1.13 bits per heavy atom. The highest BCUT2D eigenvalue weighted by atomic mass is 35.5. The number of halogens is 4. The van der Waals surface area contributed by atoms with E-state index in [1.54, 1.807) is 31.2 Å². The number of aromatic nitrogens is 6. The van der Waals surface area contributed by atoms with Gasteiger partial charge in [-0.3, -0.25) is 9.59 Å². The zero-order chi connectivity index (χ0) is 37.4. The number of aryl methyl sites for hydroxylation is 2. The van der Waals surface area contributed by atoms with Gasteiger partial charge in [-0.15, -0.1) is 0 Å². The van der Waals surface area contributed by atoms with Crippen LogP contribution < -0.4 is 20.1 Å². The quantitative estimate of drug-likeness (QED) is 0.0958. The molecular weight excluding hydrogens is 758 g/mol. The zero-order valence-electron chi connectivity index (χ0n) is 28.0. The number of carbonyl (C=O) groups excluding carboxylic acids is 1. The van der Waals surface area contributed by atoms with Crippen molar-refractivity contribution in [3.63, 3.8) is 0 Å². The molecule has 0 unspecified atom stereocenters. The van der Waals surface area contributed by atoms with Crippen LogP contribution in [0.15, 0.2) is 61.4 Å². The summed E-state index contributed by atoms with van der Waals surface area (Å²) in [5, 5.41) is 17.4. The molecular formula is C34H32Cl4N8O6. The lowest BCUT2D eigenvalue weighted by molar-refractivity contribution is -0.142. The molecule has 0 radical (unpaired) electrons. The topological polar surface area (TPSA) is 168 Å². The van der Waals surface area contributed by atoms with Crippen LogP contribution in [0.3, 0.4) is 0 Å². The van der Waals surface area contributed by atoms with Crippen LogP contribution >= 0.6 is 46.4 Å². The van der Waals surface area contributed by atoms with E-state index in [-0.39, 0.29) is 41.2 Å². The molecule has 14 nitrogen and oxygen atoms in total. The van der Waals surface area contributed by atoms with E-state index in [0.29, 0.717) is 52.1 Å². The van der Waals surface area contributed by atoms with Gasteiger partial charge in [-0.2, -0.15) is 0 Å². The number of esters is 1. The fourth-order valence-electron chi connectivity index (χ4n) is 4.84. The van der Waals surface area contributed by atoms with Crippen LogP contribution in [0, 0.1) is 0 Å². The van der Waals surface area contributed by atoms with E-state index >= 15 is 0 Å². The van der Waals surface area contributed by atoms with Gasteiger partial charge >= 0.3 is 11.9 Å². The molecule has 3 N–H and O–H groups in total. The predicted molar refractivity (Wildman–Crippen MR) is 201 cm³/mol. The van der Waals surface area contributed by atoms with Crippen LogP contribution in [0.2, 0.25) is 20.1 Å². The molecule has 0 saturated carbocycles. The van der Waals surface area contributed by atoms with Gasteiger partial charge in [0.25, 0.3) is 0 Å². The summed E-state index contributed by atoms with van der Waals surface area (Å²) in [6.45, 7) is 2.80. The molecule has 2 aromatic carbocycles. The summed E-state index contributed by atoms with van der Waals surface area (Å²) in [6.07, 6.45) is 6.78. The highest BCUT2D eigenvalue weighted by Crippen LogP contribution is 2.41. The Morgan fingerprint density at radius 3 is 1.54 bits per heavy atom. The summed E-state index contributed by atoms with van der Waals surface area (Å²) in [5.74, 6) is 0.139. The van der Waals surface area contributed by atoms with Crippen molar-refractivity contribution in [3.8, 4) is 23.3 Å². The molecule has 0 aliphatic heterocycles. The summed E-state index contributed by atoms with van der Waals surface area (Å²) in [4.78, 5) is 38.7. The smallest absolute Gasteiger partial charge is 0.307 e. The molecule has 0 amide bonds. The number of fused-ring (bicyclic) bond motifs is 2. The molecule has 4 aromatic heterocycles. The second-order valence-corrected chi connectivity index (χ2v) is 12.6. The van der Waals surface area contributed by atoms with E-state index in [1.807, 2.05) is 47.8 Å². The maximum absolute atomic E-state index is 11.4. The summed E-state index contributed by atoms with van der Waals surface area (Å²) < 4.78 is 20.3. The number of hydrogen-bond acceptors (Lipinski definition) is 11. The van der Waals surface area contributed by atoms with Crippen molar-refractivity contribution in [1.29, 1.82) is 0 Å². The number of anilines is 2. The van der Waals surface area contributed by atoms with Crippen LogP contribution in [-0.2, 0) is 28.4 Å². The van der Waals surface area contributed by atoms with Crippen LogP contribution in [0.5, 0.6) is 23.3 Å². The van der Waals surface area contributed by atoms with Gasteiger partial charge in [0.05, 0.1) is 50.3 Å². The number of carboxylic acids is 1. The van der Waals surface area contributed by atoms with Crippen LogP contribution in [0.25, 0.3) is 22.1 Å². The first-order chi connectivity index (χ1) is 24.9. The first-order valence-electron chi connectivity index (χ1n) is 15.7. The molecule has 0 aliphatic carbocycles. The second-order valence-electron chi connectivity index (χ2n) is 11.0. The highest BCUT2D eigenvalue weighted by molar-refractivity contribution is 6.38. The average molecular weight is 790 g/mol. The number of rotatable bonds is 13.